The molecule has 0 aromatic heterocycles. The average molecular weight is 232 g/mol. The largest absolute Gasteiger partial charge is 0.481 e. The Labute approximate surface area is 95.4 Å². The van der Waals surface area contributed by atoms with E-state index in [1.54, 1.807) is 0 Å². The van der Waals surface area contributed by atoms with Gasteiger partial charge >= 0.3 is 11.9 Å². The minimum atomic E-state index is -0.772. The molecule has 94 valence electrons. The molecule has 0 aromatic rings. The summed E-state index contributed by atoms with van der Waals surface area (Å²) in [6, 6.07) is 0. The van der Waals surface area contributed by atoms with Gasteiger partial charge in [-0.1, -0.05) is 19.3 Å². The number of methoxy groups -OCH3 is 1. The minimum Gasteiger partial charge on any atom is -0.481 e. The monoisotopic (exact) mass is 232 g/mol. The molecule has 0 aromatic carbocycles. The van der Waals surface area contributed by atoms with E-state index in [9.17, 15) is 14.7 Å². The molecule has 0 aliphatic rings. The summed E-state index contributed by atoms with van der Waals surface area (Å²) < 4.78 is 4.43. The minimum absolute atomic E-state index is 0.0334. The zero-order valence-corrected chi connectivity index (χ0v) is 9.65. The lowest BCUT2D eigenvalue weighted by molar-refractivity contribution is -0.143. The fourth-order valence-electron chi connectivity index (χ4n) is 1.39. The maximum Gasteiger partial charge on any atom is 0.308 e. The van der Waals surface area contributed by atoms with Crippen LogP contribution in [0.5, 0.6) is 0 Å². The van der Waals surface area contributed by atoms with Crippen molar-refractivity contribution in [3.63, 3.8) is 0 Å². The zero-order chi connectivity index (χ0) is 12.4. The molecule has 1 unspecified atom stereocenters. The summed E-state index contributed by atoms with van der Waals surface area (Å²) in [6.07, 6.45) is 3.34. The molecule has 0 saturated carbocycles. The first-order valence-electron chi connectivity index (χ1n) is 5.53. The highest BCUT2D eigenvalue weighted by Crippen LogP contribution is 2.09. The molecular formula is C11H20O5. The molecule has 0 fully saturated rings. The first-order valence-corrected chi connectivity index (χ1v) is 5.53. The fourth-order valence-corrected chi connectivity index (χ4v) is 1.39. The van der Waals surface area contributed by atoms with E-state index in [2.05, 4.69) is 4.74 Å². The Kier molecular flexibility index (Phi) is 8.52. The lowest BCUT2D eigenvalue weighted by atomic mass is 10.1. The Balaban J connectivity index is 3.30. The number of aliphatic carboxylic acids is 1. The van der Waals surface area contributed by atoms with Crippen LogP contribution in [-0.2, 0) is 14.3 Å². The van der Waals surface area contributed by atoms with Crippen LogP contribution >= 0.6 is 0 Å². The molecule has 0 amide bonds. The molecule has 5 nitrogen and oxygen atoms in total. The fraction of sp³-hybridized carbons (Fsp3) is 0.818. The molecule has 2 N–H and O–H groups in total. The number of ether oxygens (including phenoxy) is 1. The SMILES string of the molecule is COC(=O)CC(O)CCCCCCC(=O)O. The number of hydrogen-bond acceptors (Lipinski definition) is 4. The van der Waals surface area contributed by atoms with E-state index < -0.39 is 18.0 Å². The molecule has 5 heteroatoms. The van der Waals surface area contributed by atoms with Crippen LogP contribution in [0.25, 0.3) is 0 Å². The van der Waals surface area contributed by atoms with Crippen molar-refractivity contribution in [1.29, 1.82) is 0 Å². The number of carbonyl (C=O) groups is 2. The summed E-state index contributed by atoms with van der Waals surface area (Å²) in [5.41, 5.74) is 0. The van der Waals surface area contributed by atoms with Crippen molar-refractivity contribution in [1.82, 2.24) is 0 Å². The number of esters is 1. The Hall–Kier alpha value is -1.10. The maximum atomic E-state index is 10.8. The third-order valence-electron chi connectivity index (χ3n) is 2.31. The molecular weight excluding hydrogens is 212 g/mol. The first-order chi connectivity index (χ1) is 7.56. The summed E-state index contributed by atoms with van der Waals surface area (Å²) in [5, 5.41) is 17.8. The number of unbranched alkanes of at least 4 members (excludes halogenated alkanes) is 3. The van der Waals surface area contributed by atoms with Crippen LogP contribution in [0, 0.1) is 0 Å². The van der Waals surface area contributed by atoms with Gasteiger partial charge in [0.1, 0.15) is 0 Å². The van der Waals surface area contributed by atoms with Crippen molar-refractivity contribution >= 4 is 11.9 Å². The van der Waals surface area contributed by atoms with E-state index in [0.717, 1.165) is 19.3 Å². The van der Waals surface area contributed by atoms with Crippen LogP contribution in [0.3, 0.4) is 0 Å². The van der Waals surface area contributed by atoms with Gasteiger partial charge in [0.25, 0.3) is 0 Å². The molecule has 0 spiro atoms. The van der Waals surface area contributed by atoms with E-state index in [1.807, 2.05) is 0 Å². The van der Waals surface area contributed by atoms with E-state index in [4.69, 9.17) is 5.11 Å². The van der Waals surface area contributed by atoms with Gasteiger partial charge in [-0.15, -0.1) is 0 Å². The molecule has 0 radical (unpaired) electrons. The van der Waals surface area contributed by atoms with Crippen LogP contribution in [0.4, 0.5) is 0 Å². The van der Waals surface area contributed by atoms with Crippen molar-refractivity contribution < 1.29 is 24.5 Å². The third kappa shape index (κ3) is 9.45. The Morgan fingerprint density at radius 1 is 1.19 bits per heavy atom. The van der Waals surface area contributed by atoms with Crippen molar-refractivity contribution in [3.05, 3.63) is 0 Å². The first kappa shape index (κ1) is 14.9. The van der Waals surface area contributed by atoms with Gasteiger partial charge < -0.3 is 14.9 Å². The Bertz CT molecular complexity index is 214. The second kappa shape index (κ2) is 9.15. The van der Waals surface area contributed by atoms with E-state index in [0.29, 0.717) is 12.8 Å². The predicted molar refractivity (Wildman–Crippen MR) is 58.0 cm³/mol. The number of carboxylic acid groups (broad SMARTS) is 1. The number of carbonyl (C=O) groups excluding carboxylic acids is 1. The van der Waals surface area contributed by atoms with Gasteiger partial charge in [0, 0.05) is 6.42 Å². The van der Waals surface area contributed by atoms with Gasteiger partial charge in [0.2, 0.25) is 0 Å². The molecule has 1 atom stereocenters. The van der Waals surface area contributed by atoms with Crippen LogP contribution in [0.15, 0.2) is 0 Å². The van der Waals surface area contributed by atoms with Crippen molar-refractivity contribution in [2.75, 3.05) is 7.11 Å². The third-order valence-corrected chi connectivity index (χ3v) is 2.31. The number of rotatable bonds is 9. The molecule has 0 aliphatic carbocycles. The van der Waals surface area contributed by atoms with Crippen LogP contribution in [0.2, 0.25) is 0 Å². The highest BCUT2D eigenvalue weighted by Gasteiger charge is 2.10. The molecule has 0 rings (SSSR count). The standard InChI is InChI=1S/C11H20O5/c1-16-11(15)8-9(12)6-4-2-3-5-7-10(13)14/h9,12H,2-8H2,1H3,(H,13,14). The van der Waals surface area contributed by atoms with Gasteiger partial charge in [0.15, 0.2) is 0 Å². The smallest absolute Gasteiger partial charge is 0.308 e. The summed E-state index contributed by atoms with van der Waals surface area (Å²) in [6.45, 7) is 0. The zero-order valence-electron chi connectivity index (χ0n) is 9.65. The highest BCUT2D eigenvalue weighted by molar-refractivity contribution is 5.69. The Morgan fingerprint density at radius 3 is 2.38 bits per heavy atom. The van der Waals surface area contributed by atoms with Crippen molar-refractivity contribution in [2.45, 2.75) is 51.0 Å². The average Bonchev–Trinajstić information content (AvgIpc) is 2.22. The van der Waals surface area contributed by atoms with E-state index in [-0.39, 0.29) is 12.8 Å². The molecule has 0 saturated heterocycles. The topological polar surface area (TPSA) is 83.8 Å². The molecule has 0 heterocycles. The Morgan fingerprint density at radius 2 is 1.81 bits per heavy atom. The molecule has 16 heavy (non-hydrogen) atoms. The van der Waals surface area contributed by atoms with Crippen LogP contribution in [-0.4, -0.2) is 35.4 Å². The number of aliphatic hydroxyl groups is 1. The van der Waals surface area contributed by atoms with Gasteiger partial charge in [-0.3, -0.25) is 9.59 Å². The van der Waals surface area contributed by atoms with Gasteiger partial charge in [-0.25, -0.2) is 0 Å². The van der Waals surface area contributed by atoms with Crippen molar-refractivity contribution in [3.8, 4) is 0 Å². The summed E-state index contributed by atoms with van der Waals surface area (Å²) >= 11 is 0. The summed E-state index contributed by atoms with van der Waals surface area (Å²) in [5.74, 6) is -1.18. The predicted octanol–water partition coefficient (Wildman–Crippen LogP) is 1.34. The molecule has 0 aliphatic heterocycles. The van der Waals surface area contributed by atoms with E-state index >= 15 is 0 Å². The number of carboxylic acids is 1. The van der Waals surface area contributed by atoms with Crippen LogP contribution < -0.4 is 0 Å². The van der Waals surface area contributed by atoms with Gasteiger partial charge in [-0.2, -0.15) is 0 Å². The summed E-state index contributed by atoms with van der Waals surface area (Å²) in [7, 11) is 1.29. The van der Waals surface area contributed by atoms with Crippen LogP contribution in [0.1, 0.15) is 44.9 Å². The number of hydrogen-bond donors (Lipinski definition) is 2. The summed E-state index contributed by atoms with van der Waals surface area (Å²) in [4.78, 5) is 21.0. The lowest BCUT2D eigenvalue weighted by Gasteiger charge is -2.08. The highest BCUT2D eigenvalue weighted by atomic mass is 16.5. The second-order valence-corrected chi connectivity index (χ2v) is 3.78. The van der Waals surface area contributed by atoms with Gasteiger partial charge in [-0.05, 0) is 12.8 Å². The maximum absolute atomic E-state index is 10.8. The molecule has 0 bridgehead atoms. The van der Waals surface area contributed by atoms with E-state index in [1.165, 1.54) is 7.11 Å². The quantitative estimate of drug-likeness (QED) is 0.463. The van der Waals surface area contributed by atoms with Crippen molar-refractivity contribution in [2.24, 2.45) is 0 Å². The normalized spacial score (nSPS) is 12.1. The lowest BCUT2D eigenvalue weighted by Crippen LogP contribution is -2.14. The van der Waals surface area contributed by atoms with Gasteiger partial charge in [0.05, 0.1) is 19.6 Å². The number of aliphatic hydroxyl groups excluding tert-OH is 1. The second-order valence-electron chi connectivity index (χ2n) is 3.78.